The molecule has 0 atom stereocenters. The summed E-state index contributed by atoms with van der Waals surface area (Å²) < 4.78 is 0. The van der Waals surface area contributed by atoms with Gasteiger partial charge in [0.2, 0.25) is 11.8 Å². The molecule has 4 heteroatoms. The van der Waals surface area contributed by atoms with Crippen molar-refractivity contribution in [2.75, 3.05) is 18.4 Å². The summed E-state index contributed by atoms with van der Waals surface area (Å²) >= 11 is 0. The minimum atomic E-state index is -0.0114. The zero-order valence-corrected chi connectivity index (χ0v) is 16.3. The van der Waals surface area contributed by atoms with Crippen molar-refractivity contribution in [1.29, 1.82) is 0 Å². The van der Waals surface area contributed by atoms with Gasteiger partial charge < -0.3 is 10.2 Å². The molecule has 1 aromatic carbocycles. The molecule has 2 rings (SSSR count). The van der Waals surface area contributed by atoms with Gasteiger partial charge in [0.15, 0.2) is 0 Å². The van der Waals surface area contributed by atoms with E-state index >= 15 is 0 Å². The molecule has 0 spiro atoms. The van der Waals surface area contributed by atoms with Crippen molar-refractivity contribution in [2.24, 2.45) is 11.8 Å². The van der Waals surface area contributed by atoms with E-state index in [0.29, 0.717) is 31.3 Å². The molecule has 138 valence electrons. The van der Waals surface area contributed by atoms with Crippen LogP contribution in [0.25, 0.3) is 0 Å². The highest BCUT2D eigenvalue weighted by atomic mass is 16.2. The summed E-state index contributed by atoms with van der Waals surface area (Å²) in [7, 11) is 0. The Kier molecular flexibility index (Phi) is 6.63. The fraction of sp³-hybridized carbons (Fsp3) is 0.619. The number of aryl methyl sites for hydroxylation is 1. The van der Waals surface area contributed by atoms with Gasteiger partial charge in [-0.25, -0.2) is 0 Å². The van der Waals surface area contributed by atoms with E-state index < -0.39 is 0 Å². The monoisotopic (exact) mass is 344 g/mol. The fourth-order valence-corrected chi connectivity index (χ4v) is 3.44. The van der Waals surface area contributed by atoms with Gasteiger partial charge in [-0.2, -0.15) is 0 Å². The maximum Gasteiger partial charge on any atom is 0.227 e. The summed E-state index contributed by atoms with van der Waals surface area (Å²) in [4.78, 5) is 26.8. The van der Waals surface area contributed by atoms with Crippen LogP contribution in [0.3, 0.4) is 0 Å². The second kappa shape index (κ2) is 8.50. The van der Waals surface area contributed by atoms with Crippen molar-refractivity contribution >= 4 is 17.5 Å². The number of nitrogens with zero attached hydrogens (tertiary/aromatic N) is 1. The van der Waals surface area contributed by atoms with E-state index in [-0.39, 0.29) is 17.7 Å². The number of piperidine rings is 1. The maximum absolute atomic E-state index is 12.7. The molecule has 25 heavy (non-hydrogen) atoms. The lowest BCUT2D eigenvalue weighted by atomic mass is 9.93. The molecule has 1 aliphatic rings. The SMILES string of the molecule is Cc1cccc(C(C)C)c1NC(=O)C1CCN(C(=O)CC(C)C)CC1. The molecule has 0 aliphatic carbocycles. The standard InChI is InChI=1S/C21H32N2O2/c1-14(2)13-19(24)23-11-9-17(10-12-23)21(25)22-20-16(5)7-6-8-18(20)15(3)4/h6-8,14-15,17H,9-13H2,1-5H3,(H,22,25). The molecule has 0 saturated carbocycles. The molecule has 1 N–H and O–H groups in total. The van der Waals surface area contributed by atoms with Crippen molar-refractivity contribution < 1.29 is 9.59 Å². The number of amides is 2. The van der Waals surface area contributed by atoms with Crippen molar-refractivity contribution in [3.8, 4) is 0 Å². The molecule has 1 heterocycles. The van der Waals surface area contributed by atoms with Crippen LogP contribution in [0.1, 0.15) is 64.0 Å². The van der Waals surface area contributed by atoms with E-state index in [4.69, 9.17) is 0 Å². The average molecular weight is 344 g/mol. The van der Waals surface area contributed by atoms with Crippen LogP contribution in [0.4, 0.5) is 5.69 Å². The van der Waals surface area contributed by atoms with Crippen LogP contribution in [0.5, 0.6) is 0 Å². The van der Waals surface area contributed by atoms with Gasteiger partial charge in [0.1, 0.15) is 0 Å². The molecule has 1 fully saturated rings. The molecular formula is C21H32N2O2. The fourth-order valence-electron chi connectivity index (χ4n) is 3.44. The van der Waals surface area contributed by atoms with Crippen molar-refractivity contribution in [3.05, 3.63) is 29.3 Å². The first-order chi connectivity index (χ1) is 11.8. The molecule has 0 radical (unpaired) electrons. The third-order valence-electron chi connectivity index (χ3n) is 4.98. The highest BCUT2D eigenvalue weighted by molar-refractivity contribution is 5.94. The zero-order chi connectivity index (χ0) is 18.6. The first-order valence-electron chi connectivity index (χ1n) is 9.47. The highest BCUT2D eigenvalue weighted by Crippen LogP contribution is 2.29. The Labute approximate surface area is 152 Å². The number of anilines is 1. The number of para-hydroxylation sites is 1. The van der Waals surface area contributed by atoms with E-state index in [0.717, 1.165) is 24.1 Å². The number of rotatable bonds is 5. The van der Waals surface area contributed by atoms with Crippen LogP contribution in [0, 0.1) is 18.8 Å². The Morgan fingerprint density at radius 1 is 1.16 bits per heavy atom. The third kappa shape index (κ3) is 5.07. The van der Waals surface area contributed by atoms with E-state index in [2.05, 4.69) is 39.1 Å². The molecule has 0 bridgehead atoms. The molecule has 0 unspecified atom stereocenters. The summed E-state index contributed by atoms with van der Waals surface area (Å²) in [6.45, 7) is 11.8. The zero-order valence-electron chi connectivity index (χ0n) is 16.3. The van der Waals surface area contributed by atoms with Gasteiger partial charge >= 0.3 is 0 Å². The van der Waals surface area contributed by atoms with Crippen molar-refractivity contribution in [3.63, 3.8) is 0 Å². The smallest absolute Gasteiger partial charge is 0.227 e. The van der Waals surface area contributed by atoms with E-state index in [1.165, 1.54) is 5.56 Å². The number of nitrogens with one attached hydrogen (secondary N) is 1. The Morgan fingerprint density at radius 2 is 1.80 bits per heavy atom. The van der Waals surface area contributed by atoms with Crippen LogP contribution >= 0.6 is 0 Å². The topological polar surface area (TPSA) is 49.4 Å². The van der Waals surface area contributed by atoms with Gasteiger partial charge in [-0.15, -0.1) is 0 Å². The molecule has 1 aliphatic heterocycles. The Bertz CT molecular complexity index is 614. The lowest BCUT2D eigenvalue weighted by molar-refractivity contribution is -0.135. The summed E-state index contributed by atoms with van der Waals surface area (Å²) in [6, 6.07) is 6.16. The number of carbonyl (C=O) groups excluding carboxylic acids is 2. The number of benzene rings is 1. The van der Waals surface area contributed by atoms with Crippen LogP contribution in [0.2, 0.25) is 0 Å². The van der Waals surface area contributed by atoms with Crippen molar-refractivity contribution in [1.82, 2.24) is 4.90 Å². The van der Waals surface area contributed by atoms with E-state index in [9.17, 15) is 9.59 Å². The summed E-state index contributed by atoms with van der Waals surface area (Å²) in [6.07, 6.45) is 2.09. The predicted octanol–water partition coefficient (Wildman–Crippen LogP) is 4.34. The van der Waals surface area contributed by atoms with Gasteiger partial charge in [-0.1, -0.05) is 45.9 Å². The van der Waals surface area contributed by atoms with Gasteiger partial charge in [0.25, 0.3) is 0 Å². The quantitative estimate of drug-likeness (QED) is 0.864. The Balaban J connectivity index is 1.97. The normalized spacial score (nSPS) is 15.7. The average Bonchev–Trinajstić information content (AvgIpc) is 2.55. The lowest BCUT2D eigenvalue weighted by Crippen LogP contribution is -2.41. The van der Waals surface area contributed by atoms with E-state index in [1.807, 2.05) is 24.0 Å². The van der Waals surface area contributed by atoms with Crippen LogP contribution in [0.15, 0.2) is 18.2 Å². The largest absolute Gasteiger partial charge is 0.343 e. The first-order valence-corrected chi connectivity index (χ1v) is 9.47. The van der Waals surface area contributed by atoms with Crippen molar-refractivity contribution in [2.45, 2.75) is 59.8 Å². The molecular weight excluding hydrogens is 312 g/mol. The third-order valence-corrected chi connectivity index (χ3v) is 4.98. The Hall–Kier alpha value is -1.84. The van der Waals surface area contributed by atoms with Gasteiger partial charge in [-0.05, 0) is 42.7 Å². The summed E-state index contributed by atoms with van der Waals surface area (Å²) in [5.41, 5.74) is 3.24. The molecule has 2 amide bonds. The second-order valence-corrected chi connectivity index (χ2v) is 7.94. The van der Waals surface area contributed by atoms with Gasteiger partial charge in [0, 0.05) is 31.1 Å². The number of carbonyl (C=O) groups is 2. The molecule has 1 saturated heterocycles. The second-order valence-electron chi connectivity index (χ2n) is 7.94. The van der Waals surface area contributed by atoms with E-state index in [1.54, 1.807) is 0 Å². The molecule has 4 nitrogen and oxygen atoms in total. The maximum atomic E-state index is 12.7. The number of hydrogen-bond acceptors (Lipinski definition) is 2. The lowest BCUT2D eigenvalue weighted by Gasteiger charge is -2.32. The first kappa shape index (κ1) is 19.5. The number of hydrogen-bond donors (Lipinski definition) is 1. The van der Waals surface area contributed by atoms with Crippen LogP contribution in [-0.4, -0.2) is 29.8 Å². The minimum Gasteiger partial charge on any atom is -0.343 e. The van der Waals surface area contributed by atoms with Gasteiger partial charge in [0.05, 0.1) is 0 Å². The molecule has 0 aromatic heterocycles. The molecule has 1 aromatic rings. The summed E-state index contributed by atoms with van der Waals surface area (Å²) in [5, 5.41) is 3.16. The predicted molar refractivity (Wildman–Crippen MR) is 103 cm³/mol. The summed E-state index contributed by atoms with van der Waals surface area (Å²) in [5.74, 6) is 1.04. The van der Waals surface area contributed by atoms with Crippen LogP contribution in [-0.2, 0) is 9.59 Å². The minimum absolute atomic E-state index is 0.0114. The van der Waals surface area contributed by atoms with Crippen LogP contribution < -0.4 is 5.32 Å². The Morgan fingerprint density at radius 3 is 2.36 bits per heavy atom. The number of likely N-dealkylation sites (tertiary alicyclic amines) is 1. The highest BCUT2D eigenvalue weighted by Gasteiger charge is 2.28. The van der Waals surface area contributed by atoms with Gasteiger partial charge in [-0.3, -0.25) is 9.59 Å².